The van der Waals surface area contributed by atoms with Gasteiger partial charge in [-0.1, -0.05) is 0 Å². The lowest BCUT2D eigenvalue weighted by Gasteiger charge is -2.11. The van der Waals surface area contributed by atoms with E-state index in [1.807, 2.05) is 0 Å². The monoisotopic (exact) mass is 470 g/mol. The number of carboxylic acid groups (broad SMARTS) is 1. The molecule has 0 atom stereocenters. The van der Waals surface area contributed by atoms with Crippen molar-refractivity contribution in [2.45, 2.75) is 6.92 Å². The summed E-state index contributed by atoms with van der Waals surface area (Å²) in [6.45, 7) is 1.53. The lowest BCUT2D eigenvalue weighted by atomic mass is 10.00. The Morgan fingerprint density at radius 2 is 1.12 bits per heavy atom. The van der Waals surface area contributed by atoms with Crippen molar-refractivity contribution in [3.63, 3.8) is 0 Å². The van der Waals surface area contributed by atoms with Crippen LogP contribution in [-0.2, 0) is 0 Å². The average Bonchev–Trinajstić information content (AvgIpc) is 2.77. The summed E-state index contributed by atoms with van der Waals surface area (Å²) in [6.07, 6.45) is 0. The minimum Gasteiger partial charge on any atom is -0.508 e. The molecule has 0 saturated carbocycles. The Kier molecular flexibility index (Phi) is 4.86. The molecule has 0 saturated heterocycles. The van der Waals surface area contributed by atoms with Crippen molar-refractivity contribution in [1.29, 1.82) is 0 Å². The molecule has 12 heteroatoms. The van der Waals surface area contributed by atoms with E-state index in [0.29, 0.717) is 0 Å². The maximum absolute atomic E-state index is 12.1. The van der Waals surface area contributed by atoms with Crippen molar-refractivity contribution >= 4 is 38.7 Å². The van der Waals surface area contributed by atoms with E-state index in [-0.39, 0.29) is 49.6 Å². The third-order valence-corrected chi connectivity index (χ3v) is 5.13. The number of hydrogen-bond acceptors (Lipinski definition) is 11. The van der Waals surface area contributed by atoms with Crippen molar-refractivity contribution in [2.75, 3.05) is 0 Å². The van der Waals surface area contributed by atoms with E-state index in [1.165, 1.54) is 13.0 Å². The molecule has 7 N–H and O–H groups in total. The van der Waals surface area contributed by atoms with Crippen LogP contribution in [0.2, 0.25) is 0 Å². The molecule has 0 amide bonds. The lowest BCUT2D eigenvalue weighted by molar-refractivity contribution is 0.0695. The number of benzene rings is 3. The molecule has 34 heavy (non-hydrogen) atoms. The van der Waals surface area contributed by atoms with Crippen LogP contribution in [0.1, 0.15) is 15.9 Å². The zero-order chi connectivity index (χ0) is 25.1. The Balaban J connectivity index is 0.000000195. The van der Waals surface area contributed by atoms with Crippen LogP contribution in [0.25, 0.3) is 32.7 Å². The van der Waals surface area contributed by atoms with Crippen molar-refractivity contribution in [3.8, 4) is 34.5 Å². The molecule has 5 rings (SSSR count). The molecule has 5 aromatic rings. The van der Waals surface area contributed by atoms with Gasteiger partial charge in [-0.2, -0.15) is 0 Å². The molecule has 0 fully saturated rings. The standard InChI is InChI=1S/C15H8O7.C7H6O5/c1-4-7(16)2-5-9-10-6(14(19)21-12(4)9)3-8(17)11(18)13(10)22-15(5)20;8-4-1-3(7(11)12)2-5(9)6(4)10/h2-3,16-18H,1H3;1-2,8-10H,(H,11,12). The molecule has 12 nitrogen and oxygen atoms in total. The fraction of sp³-hybridized carbons (Fsp3) is 0.0455. The number of aromatic carboxylic acids is 1. The van der Waals surface area contributed by atoms with Crippen LogP contribution in [0, 0.1) is 6.92 Å². The molecule has 2 aromatic heterocycles. The van der Waals surface area contributed by atoms with Gasteiger partial charge in [-0.25, -0.2) is 14.4 Å². The normalized spacial score (nSPS) is 11.1. The quantitative estimate of drug-likeness (QED) is 0.107. The van der Waals surface area contributed by atoms with E-state index >= 15 is 0 Å². The first kappa shape index (κ1) is 22.1. The predicted octanol–water partition coefficient (Wildman–Crippen LogP) is 2.42. The molecule has 0 aliphatic heterocycles. The summed E-state index contributed by atoms with van der Waals surface area (Å²) in [7, 11) is 0. The molecule has 0 aliphatic carbocycles. The summed E-state index contributed by atoms with van der Waals surface area (Å²) in [5.74, 6) is -4.78. The fourth-order valence-corrected chi connectivity index (χ4v) is 3.45. The van der Waals surface area contributed by atoms with Crippen molar-refractivity contribution in [3.05, 3.63) is 56.2 Å². The van der Waals surface area contributed by atoms with E-state index in [9.17, 15) is 29.7 Å². The van der Waals surface area contributed by atoms with Crippen LogP contribution in [0.3, 0.4) is 0 Å². The first-order valence-electron chi connectivity index (χ1n) is 9.30. The predicted molar refractivity (Wildman–Crippen MR) is 115 cm³/mol. The van der Waals surface area contributed by atoms with Crippen molar-refractivity contribution < 1.29 is 49.4 Å². The van der Waals surface area contributed by atoms with Gasteiger partial charge in [-0.3, -0.25) is 0 Å². The Bertz CT molecular complexity index is 1620. The zero-order valence-corrected chi connectivity index (χ0v) is 17.0. The van der Waals surface area contributed by atoms with Crippen molar-refractivity contribution in [2.24, 2.45) is 0 Å². The minimum atomic E-state index is -1.29. The second kappa shape index (κ2) is 7.48. The van der Waals surface area contributed by atoms with Crippen LogP contribution < -0.4 is 11.3 Å². The highest BCUT2D eigenvalue weighted by Gasteiger charge is 2.24. The van der Waals surface area contributed by atoms with Gasteiger partial charge in [-0.15, -0.1) is 0 Å². The largest absolute Gasteiger partial charge is 0.508 e. The third-order valence-electron chi connectivity index (χ3n) is 5.13. The van der Waals surface area contributed by atoms with E-state index in [2.05, 4.69) is 0 Å². The molecule has 174 valence electrons. The minimum absolute atomic E-state index is 0.0180. The number of aromatic hydroxyl groups is 6. The number of phenols is 6. The van der Waals surface area contributed by atoms with E-state index in [4.69, 9.17) is 29.3 Å². The van der Waals surface area contributed by atoms with Gasteiger partial charge >= 0.3 is 17.2 Å². The fourth-order valence-electron chi connectivity index (χ4n) is 3.45. The molecule has 0 spiro atoms. The highest BCUT2D eigenvalue weighted by molar-refractivity contribution is 6.21. The summed E-state index contributed by atoms with van der Waals surface area (Å²) in [5.41, 5.74) is -1.87. The van der Waals surface area contributed by atoms with Crippen LogP contribution in [0.5, 0.6) is 34.5 Å². The van der Waals surface area contributed by atoms with E-state index in [1.54, 1.807) is 0 Å². The summed E-state index contributed by atoms with van der Waals surface area (Å²) in [4.78, 5) is 34.5. The summed E-state index contributed by atoms with van der Waals surface area (Å²) >= 11 is 0. The van der Waals surface area contributed by atoms with Gasteiger partial charge in [0.05, 0.1) is 16.3 Å². The van der Waals surface area contributed by atoms with Gasteiger partial charge in [-0.05, 0) is 31.2 Å². The Morgan fingerprint density at radius 1 is 0.676 bits per heavy atom. The number of carboxylic acids is 1. The Morgan fingerprint density at radius 3 is 1.65 bits per heavy atom. The first-order valence-corrected chi connectivity index (χ1v) is 9.30. The lowest BCUT2D eigenvalue weighted by Crippen LogP contribution is -2.07. The molecule has 2 heterocycles. The Labute approximate surface area is 186 Å². The van der Waals surface area contributed by atoms with Gasteiger partial charge < -0.3 is 44.6 Å². The van der Waals surface area contributed by atoms with Gasteiger partial charge in [0.1, 0.15) is 11.3 Å². The number of carbonyl (C=O) groups is 1. The summed E-state index contributed by atoms with van der Waals surface area (Å²) < 4.78 is 10.2. The van der Waals surface area contributed by atoms with Crippen LogP contribution >= 0.6 is 0 Å². The van der Waals surface area contributed by atoms with Crippen molar-refractivity contribution in [1.82, 2.24) is 0 Å². The SMILES string of the molecule is Cc1c(O)cc2c(=O)oc3c(O)c(O)cc4c(=O)oc1c2c34.O=C(O)c1cc(O)c(O)c(O)c1. The van der Waals surface area contributed by atoms with E-state index in [0.717, 1.165) is 18.2 Å². The second-order valence-electron chi connectivity index (χ2n) is 7.22. The molecule has 0 radical (unpaired) electrons. The van der Waals surface area contributed by atoms with Gasteiger partial charge in [0.2, 0.25) is 5.75 Å². The number of hydrogen-bond donors (Lipinski definition) is 7. The molecule has 0 unspecified atom stereocenters. The summed E-state index contributed by atoms with van der Waals surface area (Å²) in [5, 5.41) is 64.8. The van der Waals surface area contributed by atoms with Gasteiger partial charge in [0.15, 0.2) is 28.6 Å². The number of phenolic OH excluding ortho intramolecular Hbond substituents is 6. The molecule has 0 bridgehead atoms. The van der Waals surface area contributed by atoms with Gasteiger partial charge in [0, 0.05) is 16.3 Å². The smallest absolute Gasteiger partial charge is 0.344 e. The summed E-state index contributed by atoms with van der Waals surface area (Å²) in [6, 6.07) is 3.95. The third kappa shape index (κ3) is 3.21. The topological polar surface area (TPSA) is 219 Å². The highest BCUT2D eigenvalue weighted by Crippen LogP contribution is 2.42. The second-order valence-corrected chi connectivity index (χ2v) is 7.22. The maximum atomic E-state index is 12.1. The number of aryl methyl sites for hydroxylation is 1. The first-order chi connectivity index (χ1) is 15.9. The highest BCUT2D eigenvalue weighted by atomic mass is 16.4. The zero-order valence-electron chi connectivity index (χ0n) is 17.0. The maximum Gasteiger partial charge on any atom is 0.344 e. The molecule has 3 aromatic carbocycles. The average molecular weight is 470 g/mol. The van der Waals surface area contributed by atoms with Gasteiger partial charge in [0.25, 0.3) is 0 Å². The van der Waals surface area contributed by atoms with Crippen LogP contribution in [0.15, 0.2) is 42.7 Å². The molecular formula is C22H14O12. The molecular weight excluding hydrogens is 456 g/mol. The van der Waals surface area contributed by atoms with Crippen LogP contribution in [0.4, 0.5) is 0 Å². The molecule has 0 aliphatic rings. The number of rotatable bonds is 1. The van der Waals surface area contributed by atoms with E-state index < -0.39 is 46.0 Å². The van der Waals surface area contributed by atoms with Crippen LogP contribution in [-0.4, -0.2) is 41.7 Å². The Hall–Kier alpha value is -5.13.